The van der Waals surface area contributed by atoms with Gasteiger partial charge < -0.3 is 9.97 Å². The number of thiophene rings is 1. The quantitative estimate of drug-likeness (QED) is 0.112. The van der Waals surface area contributed by atoms with Crippen LogP contribution in [-0.4, -0.2) is 18.0 Å². The summed E-state index contributed by atoms with van der Waals surface area (Å²) in [7, 11) is -1.37. The number of hydrogen-bond donors (Lipinski definition) is 0. The van der Waals surface area contributed by atoms with E-state index in [0.717, 1.165) is 40.9 Å². The van der Waals surface area contributed by atoms with Gasteiger partial charge in [0.05, 0.1) is 8.07 Å². The molecule has 0 N–H and O–H groups in total. The first-order chi connectivity index (χ1) is 25.2. The first-order valence-electron chi connectivity index (χ1n) is 19.1. The minimum Gasteiger partial charge on any atom is -0.305 e. The van der Waals surface area contributed by atoms with Crippen molar-refractivity contribution in [2.45, 2.75) is 67.0 Å². The molecule has 0 aliphatic carbocycles. The van der Waals surface area contributed by atoms with E-state index in [0.29, 0.717) is 17.4 Å². The molecule has 0 saturated carbocycles. The fourth-order valence-electron chi connectivity index (χ4n) is 6.19. The first-order valence-corrected chi connectivity index (χ1v) is 21.9. The molecule has 0 fully saturated rings. The van der Waals surface area contributed by atoms with Crippen LogP contribution in [0, 0.1) is 30.8 Å². The summed E-state index contributed by atoms with van der Waals surface area (Å²) in [5, 5.41) is 3.90. The maximum absolute atomic E-state index is 7.73. The molecule has 3 heterocycles. The Labute approximate surface area is 328 Å². The molecule has 3 aromatic heterocycles. The van der Waals surface area contributed by atoms with Gasteiger partial charge in [0.15, 0.2) is 0 Å². The number of hydrogen-bond acceptors (Lipinski definition) is 3. The van der Waals surface area contributed by atoms with Crippen LogP contribution in [0.3, 0.4) is 0 Å². The Hall–Kier alpha value is -3.73. The van der Waals surface area contributed by atoms with Gasteiger partial charge >= 0.3 is 0 Å². The Balaban J connectivity index is 0.000000208. The average molecular weight is 884 g/mol. The van der Waals surface area contributed by atoms with Gasteiger partial charge in [-0.3, -0.25) is 0 Å². The van der Waals surface area contributed by atoms with E-state index in [4.69, 9.17) is 4.11 Å². The van der Waals surface area contributed by atoms with Crippen LogP contribution in [0.4, 0.5) is 0 Å². The van der Waals surface area contributed by atoms with Gasteiger partial charge in [-0.15, -0.1) is 58.7 Å². The van der Waals surface area contributed by atoms with E-state index in [1.165, 1.54) is 42.0 Å². The third-order valence-electron chi connectivity index (χ3n) is 8.82. The van der Waals surface area contributed by atoms with E-state index in [1.54, 1.807) is 6.07 Å². The second-order valence-electron chi connectivity index (χ2n) is 15.0. The summed E-state index contributed by atoms with van der Waals surface area (Å²) in [5.41, 5.74) is 8.88. The monoisotopic (exact) mass is 884 g/mol. The van der Waals surface area contributed by atoms with Gasteiger partial charge in [-0.25, -0.2) is 0 Å². The fraction of sp³-hybridized carbons (Fsp3) is 0.261. The van der Waals surface area contributed by atoms with Crippen LogP contribution in [0.5, 0.6) is 0 Å². The molecule has 0 atom stereocenters. The Kier molecular flexibility index (Phi) is 11.3. The molecule has 0 unspecified atom stereocenters. The van der Waals surface area contributed by atoms with Crippen molar-refractivity contribution in [2.75, 3.05) is 0 Å². The predicted octanol–water partition coefficient (Wildman–Crippen LogP) is 12.4. The number of aryl methyl sites for hydroxylation is 1. The largest absolute Gasteiger partial charge is 0.305 e. The van der Waals surface area contributed by atoms with E-state index in [1.807, 2.05) is 35.9 Å². The summed E-state index contributed by atoms with van der Waals surface area (Å²) in [6.07, 6.45) is 5.68. The van der Waals surface area contributed by atoms with Crippen molar-refractivity contribution in [2.24, 2.45) is 11.8 Å². The van der Waals surface area contributed by atoms with Gasteiger partial charge in [-0.05, 0) is 80.7 Å². The van der Waals surface area contributed by atoms with E-state index in [-0.39, 0.29) is 20.1 Å². The van der Waals surface area contributed by atoms with Crippen LogP contribution in [-0.2, 0) is 32.9 Å². The van der Waals surface area contributed by atoms with Crippen molar-refractivity contribution in [1.82, 2.24) is 9.97 Å². The Morgan fingerprint density at radius 3 is 2.12 bits per heavy atom. The molecular formula is C46H48IrN2SSi-2. The molecule has 51 heavy (non-hydrogen) atoms. The molecule has 263 valence electrons. The van der Waals surface area contributed by atoms with E-state index in [9.17, 15) is 0 Å². The molecule has 0 aliphatic rings. The summed E-state index contributed by atoms with van der Waals surface area (Å²) in [5.74, 6) is 1.03. The number of benzene rings is 4. The molecule has 5 heteroatoms. The molecule has 7 aromatic rings. The van der Waals surface area contributed by atoms with Crippen molar-refractivity contribution in [3.63, 3.8) is 0 Å². The number of pyridine rings is 2. The summed E-state index contributed by atoms with van der Waals surface area (Å²) < 4.78 is 25.8. The third kappa shape index (κ3) is 9.58. The van der Waals surface area contributed by atoms with Gasteiger partial charge in [-0.2, -0.15) is 11.3 Å². The topological polar surface area (TPSA) is 25.8 Å². The Bertz CT molecular complexity index is 2330. The fourth-order valence-corrected chi connectivity index (χ4v) is 8.27. The molecule has 0 amide bonds. The van der Waals surface area contributed by atoms with Crippen LogP contribution in [0.25, 0.3) is 53.8 Å². The third-order valence-corrected chi connectivity index (χ3v) is 12.0. The molecule has 7 rings (SSSR count). The molecule has 4 aromatic carbocycles. The standard InChI is InChI=1S/C27H22NS.C19H26NSi.Ir/c1-18(2)14-19-12-13-28-25(15-19)22-9-11-27-24(17-22)23-16-21(8-10-26(23)29-27)20-6-4-3-5-7-20;1-14(2)11-17-12-16(8-7-15(17)3)19-10-9-18(13-20-19)21(4,5)6;/h3-8,10-13,15-18H,14H2,1-2H3;7,9-10,12-14H,11H2,1-6H3;/q2*-1;/i;3D3;. The molecule has 0 spiro atoms. The minimum atomic E-state index is -2.10. The van der Waals surface area contributed by atoms with Gasteiger partial charge in [0.1, 0.15) is 0 Å². The van der Waals surface area contributed by atoms with Crippen molar-refractivity contribution in [1.29, 1.82) is 0 Å². The average Bonchev–Trinajstić information content (AvgIpc) is 3.48. The normalized spacial score (nSPS) is 12.6. The zero-order valence-corrected chi connectivity index (χ0v) is 34.8. The first kappa shape index (κ1) is 34.4. The second kappa shape index (κ2) is 16.7. The van der Waals surface area contributed by atoms with E-state index in [2.05, 4.69) is 148 Å². The van der Waals surface area contributed by atoms with Gasteiger partial charge in [0, 0.05) is 41.3 Å². The molecule has 0 bridgehead atoms. The summed E-state index contributed by atoms with van der Waals surface area (Å²) in [4.78, 5) is 9.22. The number of rotatable bonds is 8. The van der Waals surface area contributed by atoms with Gasteiger partial charge in [-0.1, -0.05) is 120 Å². The van der Waals surface area contributed by atoms with Gasteiger partial charge in [0.25, 0.3) is 0 Å². The van der Waals surface area contributed by atoms with E-state index < -0.39 is 14.9 Å². The summed E-state index contributed by atoms with van der Waals surface area (Å²) >= 11 is 1.83. The van der Waals surface area contributed by atoms with Crippen LogP contribution in [0.15, 0.2) is 109 Å². The zero-order valence-electron chi connectivity index (χ0n) is 33.6. The van der Waals surface area contributed by atoms with Crippen molar-refractivity contribution >= 4 is 44.8 Å². The molecule has 2 nitrogen and oxygen atoms in total. The molecule has 0 aliphatic heterocycles. The Morgan fingerprint density at radius 1 is 0.706 bits per heavy atom. The van der Waals surface area contributed by atoms with Gasteiger partial charge in [0.2, 0.25) is 0 Å². The second-order valence-corrected chi connectivity index (χ2v) is 21.2. The zero-order chi connectivity index (χ0) is 37.9. The van der Waals surface area contributed by atoms with Crippen LogP contribution < -0.4 is 5.19 Å². The SMILES string of the molecule is CC(C)Cc1ccnc(-c2[c-]cc3sc4ccc(-c5ccccc5)cc4c3c2)c1.[2H]C([2H])([2H])c1c[c-]c(-c2ccc([Si](C)(C)C)cn2)cc1CC(C)C.[Ir]. The summed E-state index contributed by atoms with van der Waals surface area (Å²) in [6.45, 7) is 13.5. The Morgan fingerprint density at radius 2 is 1.43 bits per heavy atom. The predicted molar refractivity (Wildman–Crippen MR) is 220 cm³/mol. The minimum absolute atomic E-state index is 0. The number of aromatic nitrogens is 2. The number of fused-ring (bicyclic) bond motifs is 3. The van der Waals surface area contributed by atoms with Crippen LogP contribution in [0.1, 0.15) is 48.5 Å². The van der Waals surface area contributed by atoms with Crippen molar-refractivity contribution in [3.05, 3.63) is 138 Å². The summed E-state index contributed by atoms with van der Waals surface area (Å²) in [6, 6.07) is 40.4. The van der Waals surface area contributed by atoms with E-state index >= 15 is 0 Å². The molecule has 1 radical (unpaired) electrons. The van der Waals surface area contributed by atoms with Crippen molar-refractivity contribution in [3.8, 4) is 33.6 Å². The smallest absolute Gasteiger partial charge is 0.0795 e. The molecule has 0 saturated heterocycles. The number of nitrogens with zero attached hydrogens (tertiary/aromatic N) is 2. The van der Waals surface area contributed by atoms with Crippen molar-refractivity contribution < 1.29 is 24.2 Å². The van der Waals surface area contributed by atoms with Crippen LogP contribution >= 0.6 is 11.3 Å². The van der Waals surface area contributed by atoms with Crippen LogP contribution in [0.2, 0.25) is 19.6 Å². The molecular weight excluding hydrogens is 833 g/mol. The maximum atomic E-state index is 7.73. The maximum Gasteiger partial charge on any atom is 0.0795 e.